The molecule has 8 aliphatic carbocycles. The molecule has 0 aromatic carbocycles. The van der Waals surface area contributed by atoms with Gasteiger partial charge >= 0.3 is 11.9 Å². The van der Waals surface area contributed by atoms with Crippen molar-refractivity contribution in [3.8, 4) is 0 Å². The summed E-state index contributed by atoms with van der Waals surface area (Å²) in [5.41, 5.74) is -2.05. The Bertz CT molecular complexity index is 2010. The first-order chi connectivity index (χ1) is 30.0. The molecule has 6 heterocycles. The Kier molecular flexibility index (Phi) is 9.75. The van der Waals surface area contributed by atoms with Gasteiger partial charge in [0.05, 0.1) is 31.5 Å². The van der Waals surface area contributed by atoms with Crippen molar-refractivity contribution in [2.45, 2.75) is 181 Å². The Labute approximate surface area is 382 Å². The minimum absolute atomic E-state index is 0.00398. The van der Waals surface area contributed by atoms with E-state index in [-0.39, 0.29) is 69.4 Å². The highest BCUT2D eigenvalue weighted by Crippen LogP contribution is 2.81. The predicted octanol–water partition coefficient (Wildman–Crippen LogP) is 5.72. The Morgan fingerprint density at radius 2 is 1.02 bits per heavy atom. The molecule has 6 saturated heterocycles. The van der Waals surface area contributed by atoms with E-state index in [2.05, 4.69) is 52.5 Å². The van der Waals surface area contributed by atoms with Crippen LogP contribution in [0.15, 0.2) is 24.3 Å². The van der Waals surface area contributed by atoms with Crippen LogP contribution in [0.5, 0.6) is 0 Å². The third-order valence-electron chi connectivity index (χ3n) is 20.0. The number of hydrogen-bond donors (Lipinski definition) is 3. The highest BCUT2D eigenvalue weighted by Gasteiger charge is 2.91. The largest absolute Gasteiger partial charge is 0.394 e. The molecular formula is C51H72O14. The molecule has 6 spiro atoms. The molecule has 8 bridgehead atoms. The molecule has 14 heteroatoms. The maximum Gasteiger partial charge on any atom is 0.310 e. The molecule has 14 aliphatic rings. The summed E-state index contributed by atoms with van der Waals surface area (Å²) >= 11 is 0. The first kappa shape index (κ1) is 46.3. The zero-order valence-corrected chi connectivity index (χ0v) is 40.2. The Hall–Kier alpha value is -2.40. The number of ketones is 2. The second kappa shape index (κ2) is 13.7. The zero-order chi connectivity index (χ0) is 47.4. The topological polar surface area (TPSA) is 194 Å². The van der Waals surface area contributed by atoms with Crippen LogP contribution >= 0.6 is 0 Å². The standard InChI is InChI=1S/C24H34O5.C23H32O6.C4H6O3/c1-12-9-10-20(3,4)16-18(26)24-23-15(22(12,16)11-27-24)8-7-14(13(2)17(23)25)19(23)28-21(5,6)29-24;1-11-12-6-7-13-21-10-27-23(17(26)15(21)19(2,3)9-8-14(21)24)22(13,16(11)25)18(12)28-20(4,5)29-23;1-3(5)7-4(2)6/h12,14-16,18-19,26H,2,7-11H2,1,3-6H3;12-15,17-18,24,26H,1,6-10H2,2-5H3;1-2H3/t12-,14-,15-,16+,18-,19+,22-,23-,24+;12-,13-,14-,15+,17-,18+,21+,22-,23+;/m00./s1. The molecule has 360 valence electrons. The maximum absolute atomic E-state index is 14.0. The number of ether oxygens (including phenoxy) is 7. The molecule has 0 aromatic rings. The van der Waals surface area contributed by atoms with Gasteiger partial charge in [0.2, 0.25) is 11.6 Å². The Morgan fingerprint density at radius 3 is 1.45 bits per heavy atom. The van der Waals surface area contributed by atoms with Gasteiger partial charge in [-0.2, -0.15) is 0 Å². The summed E-state index contributed by atoms with van der Waals surface area (Å²) in [5, 5.41) is 35.4. The van der Waals surface area contributed by atoms with Gasteiger partial charge in [-0.15, -0.1) is 0 Å². The number of fused-ring (bicyclic) bond motifs is 2. The van der Waals surface area contributed by atoms with E-state index in [1.54, 1.807) is 0 Å². The first-order valence-electron chi connectivity index (χ1n) is 24.3. The summed E-state index contributed by atoms with van der Waals surface area (Å²) in [6.45, 7) is 30.2. The minimum Gasteiger partial charge on any atom is -0.394 e. The molecule has 0 aromatic heterocycles. The maximum atomic E-state index is 14.0. The van der Waals surface area contributed by atoms with Crippen molar-refractivity contribution < 1.29 is 67.7 Å². The SMILES string of the molecule is C=C1C(=O)[C@@]23[C@@H]4OC(C)(C)O[C@@]25OC[C@@]2([C@H]([C@@H]5O)C(C)(C)CC[C@@H]2C)[C@@H]3CC[C@@H]14.C=C1C(=O)[C@@]23[C@@H]4OC(C)(C)O[C@@]25OC[C@@]2([C@H]([C@@H]5O)C(C)(C)CC[C@@H]2O)[C@@H]3CC[C@@H]14.CC(=O)OC(C)=O. The molecule has 65 heavy (non-hydrogen) atoms. The summed E-state index contributed by atoms with van der Waals surface area (Å²) < 4.78 is 43.0. The average molecular weight is 909 g/mol. The van der Waals surface area contributed by atoms with E-state index < -0.39 is 75.7 Å². The summed E-state index contributed by atoms with van der Waals surface area (Å²) in [7, 11) is 0. The van der Waals surface area contributed by atoms with Crippen molar-refractivity contribution in [1.29, 1.82) is 0 Å². The highest BCUT2D eigenvalue weighted by atomic mass is 16.8. The van der Waals surface area contributed by atoms with Gasteiger partial charge in [0, 0.05) is 48.3 Å². The highest BCUT2D eigenvalue weighted by molar-refractivity contribution is 6.06. The molecule has 18 atom stereocenters. The monoisotopic (exact) mass is 908 g/mol. The van der Waals surface area contributed by atoms with Gasteiger partial charge in [-0.3, -0.25) is 19.2 Å². The first-order valence-corrected chi connectivity index (χ1v) is 24.3. The third kappa shape index (κ3) is 5.18. The second-order valence-corrected chi connectivity index (χ2v) is 24.5. The van der Waals surface area contributed by atoms with Crippen LogP contribution in [0.3, 0.4) is 0 Å². The van der Waals surface area contributed by atoms with Crippen LogP contribution in [0.1, 0.15) is 128 Å². The van der Waals surface area contributed by atoms with Gasteiger partial charge in [-0.1, -0.05) is 47.8 Å². The van der Waals surface area contributed by atoms with Crippen molar-refractivity contribution in [3.05, 3.63) is 24.3 Å². The molecule has 0 amide bonds. The van der Waals surface area contributed by atoms with Crippen molar-refractivity contribution in [2.24, 2.45) is 73.9 Å². The van der Waals surface area contributed by atoms with E-state index >= 15 is 0 Å². The van der Waals surface area contributed by atoms with Crippen molar-refractivity contribution in [3.63, 3.8) is 0 Å². The van der Waals surface area contributed by atoms with Crippen molar-refractivity contribution in [2.75, 3.05) is 13.2 Å². The lowest BCUT2D eigenvalue weighted by Gasteiger charge is -2.78. The third-order valence-corrected chi connectivity index (χ3v) is 20.0. The van der Waals surface area contributed by atoms with Crippen molar-refractivity contribution >= 4 is 23.5 Å². The molecule has 3 N–H and O–H groups in total. The van der Waals surface area contributed by atoms with Crippen molar-refractivity contribution in [1.82, 2.24) is 0 Å². The lowest BCUT2D eigenvalue weighted by molar-refractivity contribution is -0.534. The summed E-state index contributed by atoms with van der Waals surface area (Å²) in [4.78, 5) is 47.5. The average Bonchev–Trinajstić information content (AvgIpc) is 3.38. The number of carbonyl (C=O) groups is 4. The van der Waals surface area contributed by atoms with Crippen LogP contribution in [0, 0.1) is 73.9 Å². The van der Waals surface area contributed by atoms with Crippen LogP contribution in [-0.4, -0.2) is 106 Å². The van der Waals surface area contributed by atoms with Gasteiger partial charge in [0.15, 0.2) is 23.1 Å². The summed E-state index contributed by atoms with van der Waals surface area (Å²) in [6.07, 6.45) is 3.85. The van der Waals surface area contributed by atoms with E-state index in [0.717, 1.165) is 44.9 Å². The Morgan fingerprint density at radius 1 is 0.615 bits per heavy atom. The quantitative estimate of drug-likeness (QED) is 0.152. The van der Waals surface area contributed by atoms with Crippen LogP contribution in [0.4, 0.5) is 0 Å². The molecule has 8 saturated carbocycles. The van der Waals surface area contributed by atoms with Crippen LogP contribution in [-0.2, 0) is 52.3 Å². The zero-order valence-electron chi connectivity index (χ0n) is 40.2. The van der Waals surface area contributed by atoms with Gasteiger partial charge in [-0.25, -0.2) is 0 Å². The smallest absolute Gasteiger partial charge is 0.310 e. The summed E-state index contributed by atoms with van der Waals surface area (Å²) in [5.74, 6) is -5.86. The van der Waals surface area contributed by atoms with Crippen LogP contribution in [0.2, 0.25) is 0 Å². The molecule has 0 unspecified atom stereocenters. The molecule has 14 rings (SSSR count). The van der Waals surface area contributed by atoms with E-state index in [0.29, 0.717) is 36.7 Å². The number of carbonyl (C=O) groups excluding carboxylic acids is 4. The minimum atomic E-state index is -1.46. The van der Waals surface area contributed by atoms with Crippen LogP contribution < -0.4 is 0 Å². The fraction of sp³-hybridized carbons (Fsp3) is 0.843. The number of esters is 2. The van der Waals surface area contributed by atoms with Crippen LogP contribution in [0.25, 0.3) is 0 Å². The lowest BCUT2D eigenvalue weighted by Crippen LogP contribution is -2.88. The molecule has 14 fully saturated rings. The normalized spacial score (nSPS) is 53.2. The van der Waals surface area contributed by atoms with Gasteiger partial charge < -0.3 is 48.5 Å². The summed E-state index contributed by atoms with van der Waals surface area (Å²) in [6, 6.07) is 0. The van der Waals surface area contributed by atoms with E-state index in [4.69, 9.17) is 28.4 Å². The molecule has 14 nitrogen and oxygen atoms in total. The molecule has 6 aliphatic heterocycles. The number of aliphatic hydroxyl groups excluding tert-OH is 3. The van der Waals surface area contributed by atoms with Gasteiger partial charge in [-0.05, 0) is 119 Å². The lowest BCUT2D eigenvalue weighted by atomic mass is 9.34. The number of rotatable bonds is 0. The fourth-order valence-electron chi connectivity index (χ4n) is 18.3. The van der Waals surface area contributed by atoms with Gasteiger partial charge in [0.1, 0.15) is 23.0 Å². The predicted molar refractivity (Wildman–Crippen MR) is 231 cm³/mol. The van der Waals surface area contributed by atoms with E-state index in [1.807, 2.05) is 27.7 Å². The molecular weight excluding hydrogens is 837 g/mol. The van der Waals surface area contributed by atoms with Gasteiger partial charge in [0.25, 0.3) is 0 Å². The number of hydrogen-bond acceptors (Lipinski definition) is 14. The second-order valence-electron chi connectivity index (χ2n) is 24.5. The van der Waals surface area contributed by atoms with E-state index in [9.17, 15) is 34.5 Å². The van der Waals surface area contributed by atoms with E-state index in [1.165, 1.54) is 13.8 Å². The Balaban J connectivity index is 0.000000134. The number of Topliss-reactive ketones (excluding diaryl/α,β-unsaturated/α-hetero) is 2. The molecule has 0 radical (unpaired) electrons. The fourth-order valence-corrected chi connectivity index (χ4v) is 18.3. The number of aliphatic hydroxyl groups is 3.